The molecule has 1 heterocycles. The topological polar surface area (TPSA) is 44.1 Å². The van der Waals surface area contributed by atoms with Gasteiger partial charge < -0.3 is 9.30 Å². The van der Waals surface area contributed by atoms with Crippen LogP contribution in [0.4, 0.5) is 4.39 Å². The second-order valence-electron chi connectivity index (χ2n) is 4.52. The minimum absolute atomic E-state index is 0.128. The molecule has 4 nitrogen and oxygen atoms in total. The van der Waals surface area contributed by atoms with Crippen molar-refractivity contribution in [1.82, 2.24) is 9.55 Å². The Bertz CT molecular complexity index is 617. The lowest BCUT2D eigenvalue weighted by Crippen LogP contribution is -2.10. The number of ether oxygens (including phenoxy) is 1. The highest BCUT2D eigenvalue weighted by atomic mass is 19.1. The van der Waals surface area contributed by atoms with E-state index in [0.717, 1.165) is 18.4 Å². The molecule has 94 valence electrons. The molecule has 1 aliphatic carbocycles. The van der Waals surface area contributed by atoms with E-state index >= 15 is 0 Å². The summed E-state index contributed by atoms with van der Waals surface area (Å²) in [6.07, 6.45) is 2.29. The maximum atomic E-state index is 13.2. The summed E-state index contributed by atoms with van der Waals surface area (Å²) in [7, 11) is 1.35. The number of imidazole rings is 1. The summed E-state index contributed by atoms with van der Waals surface area (Å²) in [5.74, 6) is 0.0187. The van der Waals surface area contributed by atoms with Crippen molar-refractivity contribution in [3.8, 4) is 0 Å². The lowest BCUT2D eigenvalue weighted by Gasteiger charge is -2.06. The average Bonchev–Trinajstić information content (AvgIpc) is 3.11. The van der Waals surface area contributed by atoms with E-state index in [2.05, 4.69) is 9.72 Å². The molecule has 0 atom stereocenters. The van der Waals surface area contributed by atoms with Gasteiger partial charge in [0.25, 0.3) is 0 Å². The Morgan fingerprint density at radius 3 is 3.00 bits per heavy atom. The van der Waals surface area contributed by atoms with Crippen LogP contribution in [0.5, 0.6) is 0 Å². The third kappa shape index (κ3) is 1.85. The van der Waals surface area contributed by atoms with Gasteiger partial charge in [-0.25, -0.2) is 9.37 Å². The monoisotopic (exact) mass is 248 g/mol. The van der Waals surface area contributed by atoms with E-state index in [4.69, 9.17) is 0 Å². The van der Waals surface area contributed by atoms with Crippen LogP contribution in [0.2, 0.25) is 0 Å². The van der Waals surface area contributed by atoms with E-state index in [0.29, 0.717) is 17.4 Å². The first-order chi connectivity index (χ1) is 8.69. The van der Waals surface area contributed by atoms with Crippen molar-refractivity contribution < 1.29 is 13.9 Å². The normalized spacial score (nSPS) is 15.0. The number of rotatable bonds is 3. The molecular weight excluding hydrogens is 235 g/mol. The number of aromatic nitrogens is 2. The zero-order valence-electron chi connectivity index (χ0n) is 10.0. The molecule has 0 saturated heterocycles. The van der Waals surface area contributed by atoms with Crippen molar-refractivity contribution in [2.75, 3.05) is 7.11 Å². The van der Waals surface area contributed by atoms with Crippen molar-refractivity contribution in [3.05, 3.63) is 29.8 Å². The Balaban J connectivity index is 2.11. The predicted octanol–water partition coefficient (Wildman–Crippen LogP) is 2.23. The lowest BCUT2D eigenvalue weighted by atomic mass is 10.3. The highest BCUT2D eigenvalue weighted by molar-refractivity contribution is 5.79. The molecule has 0 N–H and O–H groups in total. The summed E-state index contributed by atoms with van der Waals surface area (Å²) in [5.41, 5.74) is 1.48. The Kier molecular flexibility index (Phi) is 2.54. The number of hydrogen-bond acceptors (Lipinski definition) is 3. The van der Waals surface area contributed by atoms with Crippen LogP contribution < -0.4 is 0 Å². The van der Waals surface area contributed by atoms with Crippen molar-refractivity contribution in [1.29, 1.82) is 0 Å². The number of halogens is 1. The number of hydrogen-bond donors (Lipinski definition) is 0. The first-order valence-corrected chi connectivity index (χ1v) is 5.92. The number of carbonyl (C=O) groups is 1. The maximum Gasteiger partial charge on any atom is 0.313 e. The smallest absolute Gasteiger partial charge is 0.313 e. The predicted molar refractivity (Wildman–Crippen MR) is 63.7 cm³/mol. The van der Waals surface area contributed by atoms with Gasteiger partial charge in [-0.2, -0.15) is 0 Å². The molecule has 18 heavy (non-hydrogen) atoms. The Morgan fingerprint density at radius 2 is 2.33 bits per heavy atom. The molecule has 1 aromatic carbocycles. The van der Waals surface area contributed by atoms with Gasteiger partial charge in [-0.15, -0.1) is 0 Å². The molecule has 5 heteroatoms. The van der Waals surface area contributed by atoms with E-state index in [-0.39, 0.29) is 18.2 Å². The van der Waals surface area contributed by atoms with Crippen molar-refractivity contribution in [2.45, 2.75) is 25.3 Å². The van der Waals surface area contributed by atoms with Gasteiger partial charge in [-0.1, -0.05) is 0 Å². The van der Waals surface area contributed by atoms with Crippen LogP contribution in [0.3, 0.4) is 0 Å². The highest BCUT2D eigenvalue weighted by Crippen LogP contribution is 2.38. The zero-order chi connectivity index (χ0) is 12.7. The van der Waals surface area contributed by atoms with Crippen molar-refractivity contribution in [2.24, 2.45) is 0 Å². The van der Waals surface area contributed by atoms with Gasteiger partial charge in [0, 0.05) is 12.1 Å². The molecule has 1 fully saturated rings. The second kappa shape index (κ2) is 4.08. The SMILES string of the molecule is COC(=O)Cc1nc2cc(F)ccc2n1C1CC1. The van der Waals surface area contributed by atoms with Crippen LogP contribution in [0.15, 0.2) is 18.2 Å². The first-order valence-electron chi connectivity index (χ1n) is 5.92. The van der Waals surface area contributed by atoms with Crippen LogP contribution in [0.25, 0.3) is 11.0 Å². The molecule has 0 aliphatic heterocycles. The van der Waals surface area contributed by atoms with E-state index in [1.165, 1.54) is 19.2 Å². The van der Waals surface area contributed by atoms with Crippen LogP contribution in [0.1, 0.15) is 24.7 Å². The summed E-state index contributed by atoms with van der Waals surface area (Å²) >= 11 is 0. The van der Waals surface area contributed by atoms with Gasteiger partial charge in [0.1, 0.15) is 18.1 Å². The second-order valence-corrected chi connectivity index (χ2v) is 4.52. The Labute approximate surface area is 103 Å². The molecule has 0 spiro atoms. The number of methoxy groups -OCH3 is 1. The van der Waals surface area contributed by atoms with E-state index in [1.807, 2.05) is 4.57 Å². The third-order valence-electron chi connectivity index (χ3n) is 3.17. The minimum Gasteiger partial charge on any atom is -0.469 e. The van der Waals surface area contributed by atoms with E-state index in [1.54, 1.807) is 6.07 Å². The standard InChI is InChI=1S/C13H13FN2O2/c1-18-13(17)7-12-15-10-6-8(14)2-5-11(10)16(12)9-3-4-9/h2,5-6,9H,3-4,7H2,1H3. The van der Waals surface area contributed by atoms with E-state index in [9.17, 15) is 9.18 Å². The molecule has 1 aromatic heterocycles. The van der Waals surface area contributed by atoms with Gasteiger partial charge in [0.05, 0.1) is 18.1 Å². The number of nitrogens with zero attached hydrogens (tertiary/aromatic N) is 2. The lowest BCUT2D eigenvalue weighted by molar-refractivity contribution is -0.139. The highest BCUT2D eigenvalue weighted by Gasteiger charge is 2.29. The fraction of sp³-hybridized carbons (Fsp3) is 0.385. The summed E-state index contributed by atoms with van der Waals surface area (Å²) in [6, 6.07) is 4.93. The molecule has 2 aromatic rings. The zero-order valence-corrected chi connectivity index (χ0v) is 10.0. The minimum atomic E-state index is -0.326. The molecule has 0 radical (unpaired) electrons. The Hall–Kier alpha value is -1.91. The van der Waals surface area contributed by atoms with Crippen molar-refractivity contribution >= 4 is 17.0 Å². The third-order valence-corrected chi connectivity index (χ3v) is 3.17. The number of fused-ring (bicyclic) bond motifs is 1. The Morgan fingerprint density at radius 1 is 1.56 bits per heavy atom. The van der Waals surface area contributed by atoms with Crippen LogP contribution in [0, 0.1) is 5.82 Å². The van der Waals surface area contributed by atoms with Crippen LogP contribution in [-0.4, -0.2) is 22.6 Å². The average molecular weight is 248 g/mol. The van der Waals surface area contributed by atoms with Crippen molar-refractivity contribution in [3.63, 3.8) is 0 Å². The molecular formula is C13H13FN2O2. The molecule has 0 amide bonds. The van der Waals surface area contributed by atoms with Crippen LogP contribution >= 0.6 is 0 Å². The number of benzene rings is 1. The van der Waals surface area contributed by atoms with Crippen LogP contribution in [-0.2, 0) is 16.0 Å². The molecule has 1 saturated carbocycles. The molecule has 0 unspecified atom stereocenters. The van der Waals surface area contributed by atoms with Gasteiger partial charge in [-0.05, 0) is 25.0 Å². The summed E-state index contributed by atoms with van der Waals surface area (Å²) in [6.45, 7) is 0. The molecule has 0 bridgehead atoms. The fourth-order valence-electron chi connectivity index (χ4n) is 2.19. The van der Waals surface area contributed by atoms with Gasteiger partial charge in [-0.3, -0.25) is 4.79 Å². The summed E-state index contributed by atoms with van der Waals surface area (Å²) in [5, 5.41) is 0. The van der Waals surface area contributed by atoms with Gasteiger partial charge >= 0.3 is 5.97 Å². The first kappa shape index (κ1) is 11.2. The number of esters is 1. The fourth-order valence-corrected chi connectivity index (χ4v) is 2.19. The maximum absolute atomic E-state index is 13.2. The van der Waals surface area contributed by atoms with Gasteiger partial charge in [0.2, 0.25) is 0 Å². The number of carbonyl (C=O) groups excluding carboxylic acids is 1. The molecule has 3 rings (SSSR count). The van der Waals surface area contributed by atoms with E-state index < -0.39 is 0 Å². The summed E-state index contributed by atoms with van der Waals surface area (Å²) in [4.78, 5) is 15.7. The van der Waals surface area contributed by atoms with Gasteiger partial charge in [0.15, 0.2) is 0 Å². The largest absolute Gasteiger partial charge is 0.469 e. The summed E-state index contributed by atoms with van der Waals surface area (Å²) < 4.78 is 19.9. The molecule has 1 aliphatic rings. The quantitative estimate of drug-likeness (QED) is 0.782.